The topological polar surface area (TPSA) is 58.2 Å². The molecule has 3 aromatic rings. The van der Waals surface area contributed by atoms with E-state index in [4.69, 9.17) is 0 Å². The highest BCUT2D eigenvalue weighted by Crippen LogP contribution is 2.19. The van der Waals surface area contributed by atoms with Crippen molar-refractivity contribution in [3.8, 4) is 0 Å². The largest absolute Gasteiger partial charge is 0.381 e. The summed E-state index contributed by atoms with van der Waals surface area (Å²) in [6.45, 7) is 2.40. The second kappa shape index (κ2) is 7.58. The summed E-state index contributed by atoms with van der Waals surface area (Å²) in [4.78, 5) is 0.232. The second-order valence-electron chi connectivity index (χ2n) is 5.98. The van der Waals surface area contributed by atoms with Gasteiger partial charge >= 0.3 is 0 Å². The number of benzene rings is 3. The quantitative estimate of drug-likeness (QED) is 0.669. The Balaban J connectivity index is 1.64. The zero-order valence-corrected chi connectivity index (χ0v) is 15.1. The molecule has 0 aliphatic heterocycles. The van der Waals surface area contributed by atoms with Crippen LogP contribution >= 0.6 is 0 Å². The normalized spacial score (nSPS) is 11.2. The van der Waals surface area contributed by atoms with Crippen LogP contribution in [0.5, 0.6) is 0 Å². The van der Waals surface area contributed by atoms with Gasteiger partial charge in [0.15, 0.2) is 0 Å². The summed E-state index contributed by atoms with van der Waals surface area (Å²) in [5.74, 6) is -0.265. The Hall–Kier alpha value is -2.86. The molecule has 0 saturated heterocycles. The van der Waals surface area contributed by atoms with Crippen LogP contribution in [0, 0.1) is 12.7 Å². The van der Waals surface area contributed by atoms with Crippen molar-refractivity contribution in [2.45, 2.75) is 18.4 Å². The molecule has 0 aromatic heterocycles. The van der Waals surface area contributed by atoms with Crippen molar-refractivity contribution in [3.05, 3.63) is 89.7 Å². The fourth-order valence-electron chi connectivity index (χ4n) is 2.46. The van der Waals surface area contributed by atoms with Gasteiger partial charge in [-0.1, -0.05) is 24.3 Å². The summed E-state index contributed by atoms with van der Waals surface area (Å²) in [7, 11) is -3.61. The smallest absolute Gasteiger partial charge is 0.261 e. The second-order valence-corrected chi connectivity index (χ2v) is 7.66. The van der Waals surface area contributed by atoms with Crippen LogP contribution in [-0.4, -0.2) is 8.42 Å². The average molecular weight is 370 g/mol. The van der Waals surface area contributed by atoms with E-state index in [-0.39, 0.29) is 10.7 Å². The van der Waals surface area contributed by atoms with Gasteiger partial charge in [-0.15, -0.1) is 0 Å². The Morgan fingerprint density at radius 1 is 0.885 bits per heavy atom. The van der Waals surface area contributed by atoms with Crippen LogP contribution in [-0.2, 0) is 16.6 Å². The van der Waals surface area contributed by atoms with Crippen LogP contribution in [0.3, 0.4) is 0 Å². The molecule has 26 heavy (non-hydrogen) atoms. The molecule has 4 nitrogen and oxygen atoms in total. The zero-order chi connectivity index (χ0) is 18.6. The Kier molecular flexibility index (Phi) is 5.23. The van der Waals surface area contributed by atoms with E-state index in [1.165, 1.54) is 12.1 Å². The van der Waals surface area contributed by atoms with E-state index in [0.717, 1.165) is 16.8 Å². The molecule has 0 amide bonds. The Morgan fingerprint density at radius 2 is 1.54 bits per heavy atom. The molecule has 0 radical (unpaired) electrons. The standard InChI is InChI=1S/C20H19FN2O2S/c1-15-3-2-4-20(13-15)26(24,25)23-19-11-9-18(10-12-19)22-14-16-5-7-17(21)8-6-16/h2-13,22-23H,14H2,1H3. The number of hydrogen-bond donors (Lipinski definition) is 2. The molecule has 2 N–H and O–H groups in total. The first-order chi connectivity index (χ1) is 12.4. The van der Waals surface area contributed by atoms with Gasteiger partial charge in [-0.3, -0.25) is 4.72 Å². The molecular formula is C20H19FN2O2S. The molecule has 0 heterocycles. The summed E-state index contributed by atoms with van der Waals surface area (Å²) in [6, 6.07) is 20.0. The zero-order valence-electron chi connectivity index (χ0n) is 14.2. The first-order valence-electron chi connectivity index (χ1n) is 8.10. The number of nitrogens with one attached hydrogen (secondary N) is 2. The van der Waals surface area contributed by atoms with Crippen LogP contribution in [0.15, 0.2) is 77.7 Å². The third-order valence-electron chi connectivity index (χ3n) is 3.85. The Labute approximate surface area is 152 Å². The van der Waals surface area contributed by atoms with Gasteiger partial charge < -0.3 is 5.32 Å². The summed E-state index contributed by atoms with van der Waals surface area (Å²) in [5.41, 5.74) is 3.16. The lowest BCUT2D eigenvalue weighted by Crippen LogP contribution is -2.13. The first-order valence-corrected chi connectivity index (χ1v) is 9.58. The van der Waals surface area contributed by atoms with E-state index in [1.807, 2.05) is 13.0 Å². The summed E-state index contributed by atoms with van der Waals surface area (Å²) < 4.78 is 40.3. The van der Waals surface area contributed by atoms with Crippen LogP contribution in [0.1, 0.15) is 11.1 Å². The Morgan fingerprint density at radius 3 is 2.19 bits per heavy atom. The molecule has 0 aliphatic rings. The molecule has 6 heteroatoms. The molecular weight excluding hydrogens is 351 g/mol. The molecule has 0 saturated carbocycles. The molecule has 3 aromatic carbocycles. The third kappa shape index (κ3) is 4.61. The number of hydrogen-bond acceptors (Lipinski definition) is 3. The molecule has 0 atom stereocenters. The maximum atomic E-state index is 12.9. The van der Waals surface area contributed by atoms with E-state index in [1.54, 1.807) is 54.6 Å². The van der Waals surface area contributed by atoms with Crippen molar-refractivity contribution in [3.63, 3.8) is 0 Å². The van der Waals surface area contributed by atoms with Crippen molar-refractivity contribution in [2.24, 2.45) is 0 Å². The van der Waals surface area contributed by atoms with E-state index in [9.17, 15) is 12.8 Å². The lowest BCUT2D eigenvalue weighted by Gasteiger charge is -2.10. The van der Waals surface area contributed by atoms with Gasteiger partial charge in [-0.05, 0) is 66.6 Å². The summed E-state index contributed by atoms with van der Waals surface area (Å²) in [5, 5.41) is 3.21. The van der Waals surface area contributed by atoms with Crippen LogP contribution in [0.25, 0.3) is 0 Å². The SMILES string of the molecule is Cc1cccc(S(=O)(=O)Nc2ccc(NCc3ccc(F)cc3)cc2)c1. The first kappa shape index (κ1) is 17.9. The minimum atomic E-state index is -3.61. The highest BCUT2D eigenvalue weighted by atomic mass is 32.2. The van der Waals surface area contributed by atoms with Gasteiger partial charge in [-0.25, -0.2) is 12.8 Å². The van der Waals surface area contributed by atoms with Crippen molar-refractivity contribution >= 4 is 21.4 Å². The van der Waals surface area contributed by atoms with Crippen LogP contribution in [0.2, 0.25) is 0 Å². The average Bonchev–Trinajstić information content (AvgIpc) is 2.62. The fraction of sp³-hybridized carbons (Fsp3) is 0.100. The van der Waals surface area contributed by atoms with Gasteiger partial charge in [0.05, 0.1) is 4.90 Å². The van der Waals surface area contributed by atoms with Crippen LogP contribution in [0.4, 0.5) is 15.8 Å². The number of halogens is 1. The van der Waals surface area contributed by atoms with Gasteiger partial charge in [0.2, 0.25) is 0 Å². The number of aryl methyl sites for hydroxylation is 1. The molecule has 3 rings (SSSR count). The van der Waals surface area contributed by atoms with Gasteiger partial charge in [0.1, 0.15) is 5.82 Å². The van der Waals surface area contributed by atoms with Gasteiger partial charge in [-0.2, -0.15) is 0 Å². The van der Waals surface area contributed by atoms with E-state index in [0.29, 0.717) is 12.2 Å². The van der Waals surface area contributed by atoms with E-state index >= 15 is 0 Å². The van der Waals surface area contributed by atoms with E-state index in [2.05, 4.69) is 10.0 Å². The summed E-state index contributed by atoms with van der Waals surface area (Å²) >= 11 is 0. The van der Waals surface area contributed by atoms with E-state index < -0.39 is 10.0 Å². The van der Waals surface area contributed by atoms with Crippen molar-refractivity contribution in [2.75, 3.05) is 10.0 Å². The van der Waals surface area contributed by atoms with Crippen molar-refractivity contribution < 1.29 is 12.8 Å². The maximum absolute atomic E-state index is 12.9. The molecule has 0 unspecified atom stereocenters. The van der Waals surface area contributed by atoms with Gasteiger partial charge in [0, 0.05) is 17.9 Å². The lowest BCUT2D eigenvalue weighted by atomic mass is 10.2. The summed E-state index contributed by atoms with van der Waals surface area (Å²) in [6.07, 6.45) is 0. The number of sulfonamides is 1. The molecule has 0 aliphatic carbocycles. The van der Waals surface area contributed by atoms with Crippen molar-refractivity contribution in [1.29, 1.82) is 0 Å². The minimum absolute atomic E-state index is 0.232. The fourth-order valence-corrected chi connectivity index (χ4v) is 3.62. The molecule has 0 bridgehead atoms. The number of rotatable bonds is 6. The molecule has 0 spiro atoms. The highest BCUT2D eigenvalue weighted by molar-refractivity contribution is 7.92. The lowest BCUT2D eigenvalue weighted by molar-refractivity contribution is 0.601. The molecule has 134 valence electrons. The third-order valence-corrected chi connectivity index (χ3v) is 5.23. The molecule has 0 fully saturated rings. The maximum Gasteiger partial charge on any atom is 0.261 e. The minimum Gasteiger partial charge on any atom is -0.381 e. The predicted molar refractivity (Wildman–Crippen MR) is 102 cm³/mol. The van der Waals surface area contributed by atoms with Crippen LogP contribution < -0.4 is 10.0 Å². The van der Waals surface area contributed by atoms with Crippen molar-refractivity contribution in [1.82, 2.24) is 0 Å². The predicted octanol–water partition coefficient (Wildman–Crippen LogP) is 4.55. The monoisotopic (exact) mass is 370 g/mol. The Bertz CT molecular complexity index is 985. The highest BCUT2D eigenvalue weighted by Gasteiger charge is 2.13. The number of anilines is 2. The van der Waals surface area contributed by atoms with Gasteiger partial charge in [0.25, 0.3) is 10.0 Å².